The van der Waals surface area contributed by atoms with Gasteiger partial charge in [-0.3, -0.25) is 4.99 Å². The second-order valence-electron chi connectivity index (χ2n) is 6.55. The Hall–Kier alpha value is -1.55. The highest BCUT2D eigenvalue weighted by Crippen LogP contribution is 2.30. The van der Waals surface area contributed by atoms with E-state index in [1.807, 2.05) is 18.3 Å². The molecule has 0 aliphatic heterocycles. The molecule has 0 unspecified atom stereocenters. The Kier molecular flexibility index (Phi) is 11.3. The van der Waals surface area contributed by atoms with Gasteiger partial charge in [-0.2, -0.15) is 0 Å². The number of aliphatic imine (C=N–C) groups is 1. The van der Waals surface area contributed by atoms with Gasteiger partial charge in [0.25, 0.3) is 0 Å². The van der Waals surface area contributed by atoms with Crippen molar-refractivity contribution in [2.45, 2.75) is 40.2 Å². The maximum absolute atomic E-state index is 5.45. The maximum atomic E-state index is 5.45. The van der Waals surface area contributed by atoms with Crippen LogP contribution in [0, 0.1) is 6.92 Å². The zero-order chi connectivity index (χ0) is 20.5. The van der Waals surface area contributed by atoms with Crippen LogP contribution in [0.2, 0.25) is 0 Å². The predicted octanol–water partition coefficient (Wildman–Crippen LogP) is 4.29. The van der Waals surface area contributed by atoms with Gasteiger partial charge in [0.2, 0.25) is 0 Å². The smallest absolute Gasteiger partial charge is 0.193 e. The Balaban J connectivity index is 0.00000420. The molecule has 1 N–H and O–H groups in total. The minimum atomic E-state index is 0. The van der Waals surface area contributed by atoms with Crippen LogP contribution in [0.15, 0.2) is 23.3 Å². The molecule has 1 heterocycles. The molecule has 0 aliphatic rings. The molecule has 0 saturated carbocycles. The van der Waals surface area contributed by atoms with Crippen molar-refractivity contribution >= 4 is 41.3 Å². The van der Waals surface area contributed by atoms with Crippen LogP contribution in [0.25, 0.3) is 0 Å². The highest BCUT2D eigenvalue weighted by atomic mass is 127. The van der Waals surface area contributed by atoms with Gasteiger partial charge >= 0.3 is 0 Å². The highest BCUT2D eigenvalue weighted by Gasteiger charge is 2.12. The molecule has 162 valence electrons. The summed E-state index contributed by atoms with van der Waals surface area (Å²) in [6.07, 6.45) is 3.88. The SMILES string of the molecule is CCNC(=NCCc1ncc(CC)s1)N(C)Cc1cc(OC)c(OC)cc1C.I. The molecule has 2 aromatic rings. The molecule has 6 nitrogen and oxygen atoms in total. The summed E-state index contributed by atoms with van der Waals surface area (Å²) in [4.78, 5) is 12.7. The van der Waals surface area contributed by atoms with Crippen LogP contribution in [-0.4, -0.2) is 50.2 Å². The standard InChI is InChI=1S/C21H32N4O2S.HI/c1-7-17-13-24-20(28-17)9-10-23-21(22-8-2)25(4)14-16-12-19(27-6)18(26-5)11-15(16)3;/h11-13H,7-10,14H2,1-6H3,(H,22,23);1H. The largest absolute Gasteiger partial charge is 0.493 e. The van der Waals surface area contributed by atoms with E-state index in [9.17, 15) is 0 Å². The Labute approximate surface area is 195 Å². The number of guanidine groups is 1. The lowest BCUT2D eigenvalue weighted by Crippen LogP contribution is -2.38. The normalized spacial score (nSPS) is 11.0. The van der Waals surface area contributed by atoms with Crippen LogP contribution in [-0.2, 0) is 19.4 Å². The highest BCUT2D eigenvalue weighted by molar-refractivity contribution is 14.0. The molecule has 0 fully saturated rings. The van der Waals surface area contributed by atoms with Crippen molar-refractivity contribution in [2.24, 2.45) is 4.99 Å². The zero-order valence-corrected chi connectivity index (χ0v) is 21.4. The molecule has 29 heavy (non-hydrogen) atoms. The molecule has 8 heteroatoms. The van der Waals surface area contributed by atoms with Crippen LogP contribution in [0.4, 0.5) is 0 Å². The molecule has 1 aromatic carbocycles. The summed E-state index contributed by atoms with van der Waals surface area (Å²) in [5.41, 5.74) is 2.34. The molecule has 0 aliphatic carbocycles. The maximum Gasteiger partial charge on any atom is 0.193 e. The number of thiazole rings is 1. The predicted molar refractivity (Wildman–Crippen MR) is 132 cm³/mol. The molecule has 2 rings (SSSR count). The van der Waals surface area contributed by atoms with E-state index in [1.165, 1.54) is 10.4 Å². The number of nitrogens with zero attached hydrogens (tertiary/aromatic N) is 3. The topological polar surface area (TPSA) is 59.0 Å². The van der Waals surface area contributed by atoms with Crippen molar-refractivity contribution < 1.29 is 9.47 Å². The molecule has 0 saturated heterocycles. The molecule has 1 aromatic heterocycles. The molecular formula is C21H33IN4O2S. The van der Waals surface area contributed by atoms with Crippen molar-refractivity contribution in [3.63, 3.8) is 0 Å². The van der Waals surface area contributed by atoms with Gasteiger partial charge in [0.1, 0.15) is 0 Å². The third kappa shape index (κ3) is 7.33. The van der Waals surface area contributed by atoms with Crippen LogP contribution in [0.1, 0.15) is 34.9 Å². The number of methoxy groups -OCH3 is 2. The first kappa shape index (κ1) is 25.5. The van der Waals surface area contributed by atoms with Gasteiger partial charge < -0.3 is 19.7 Å². The number of hydrogen-bond donors (Lipinski definition) is 1. The third-order valence-corrected chi connectivity index (χ3v) is 5.68. The van der Waals surface area contributed by atoms with E-state index in [0.29, 0.717) is 6.54 Å². The van der Waals surface area contributed by atoms with Crippen molar-refractivity contribution in [3.05, 3.63) is 39.3 Å². The van der Waals surface area contributed by atoms with E-state index in [-0.39, 0.29) is 24.0 Å². The van der Waals surface area contributed by atoms with Crippen molar-refractivity contribution in [3.8, 4) is 11.5 Å². The quantitative estimate of drug-likeness (QED) is 0.297. The Bertz CT molecular complexity index is 795. The Morgan fingerprint density at radius 3 is 2.48 bits per heavy atom. The van der Waals surface area contributed by atoms with Gasteiger partial charge in [-0.15, -0.1) is 35.3 Å². The van der Waals surface area contributed by atoms with E-state index in [2.05, 4.69) is 43.0 Å². The number of hydrogen-bond acceptors (Lipinski definition) is 5. The van der Waals surface area contributed by atoms with Crippen molar-refractivity contribution in [1.29, 1.82) is 0 Å². The first-order valence-corrected chi connectivity index (χ1v) is 10.5. The summed E-state index contributed by atoms with van der Waals surface area (Å²) < 4.78 is 10.8. The van der Waals surface area contributed by atoms with Crippen LogP contribution in [0.5, 0.6) is 11.5 Å². The van der Waals surface area contributed by atoms with Crippen LogP contribution < -0.4 is 14.8 Å². The monoisotopic (exact) mass is 532 g/mol. The lowest BCUT2D eigenvalue weighted by atomic mass is 10.1. The molecular weight excluding hydrogens is 499 g/mol. The summed E-state index contributed by atoms with van der Waals surface area (Å²) in [5.74, 6) is 2.39. The molecule has 0 bridgehead atoms. The number of aryl methyl sites for hydroxylation is 2. The van der Waals surface area contributed by atoms with Gasteiger partial charge in [-0.05, 0) is 43.5 Å². The van der Waals surface area contributed by atoms with Gasteiger partial charge in [-0.1, -0.05) is 6.92 Å². The van der Waals surface area contributed by atoms with E-state index < -0.39 is 0 Å². The van der Waals surface area contributed by atoms with Crippen molar-refractivity contribution in [2.75, 3.05) is 34.4 Å². The minimum absolute atomic E-state index is 0. The molecule has 0 spiro atoms. The van der Waals surface area contributed by atoms with E-state index in [0.717, 1.165) is 54.0 Å². The number of rotatable bonds is 9. The lowest BCUT2D eigenvalue weighted by Gasteiger charge is -2.23. The summed E-state index contributed by atoms with van der Waals surface area (Å²) in [6.45, 7) is 8.60. The van der Waals surface area contributed by atoms with Crippen molar-refractivity contribution in [1.82, 2.24) is 15.2 Å². The lowest BCUT2D eigenvalue weighted by molar-refractivity contribution is 0.353. The minimum Gasteiger partial charge on any atom is -0.493 e. The average molecular weight is 532 g/mol. The number of benzene rings is 1. The Morgan fingerprint density at radius 1 is 1.21 bits per heavy atom. The summed E-state index contributed by atoms with van der Waals surface area (Å²) in [7, 11) is 5.37. The van der Waals surface area contributed by atoms with Gasteiger partial charge in [0.05, 0.1) is 19.2 Å². The number of nitrogens with one attached hydrogen (secondary N) is 1. The number of ether oxygens (including phenoxy) is 2. The van der Waals surface area contributed by atoms with E-state index in [4.69, 9.17) is 14.5 Å². The molecule has 0 amide bonds. The summed E-state index contributed by atoms with van der Waals surface area (Å²) in [5, 5.41) is 4.53. The fourth-order valence-electron chi connectivity index (χ4n) is 2.88. The number of aromatic nitrogens is 1. The molecule has 0 atom stereocenters. The van der Waals surface area contributed by atoms with Gasteiger partial charge in [0.15, 0.2) is 17.5 Å². The number of halogens is 1. The first-order chi connectivity index (χ1) is 13.5. The third-order valence-electron chi connectivity index (χ3n) is 4.48. The second kappa shape index (κ2) is 12.9. The van der Waals surface area contributed by atoms with E-state index >= 15 is 0 Å². The van der Waals surface area contributed by atoms with Crippen LogP contribution >= 0.6 is 35.3 Å². The second-order valence-corrected chi connectivity index (χ2v) is 7.75. The summed E-state index contributed by atoms with van der Waals surface area (Å²) >= 11 is 1.78. The summed E-state index contributed by atoms with van der Waals surface area (Å²) in [6, 6.07) is 4.05. The fourth-order valence-corrected chi connectivity index (χ4v) is 3.73. The first-order valence-electron chi connectivity index (χ1n) is 9.66. The average Bonchev–Trinajstić information content (AvgIpc) is 3.16. The van der Waals surface area contributed by atoms with Gasteiger partial charge in [-0.25, -0.2) is 4.98 Å². The zero-order valence-electron chi connectivity index (χ0n) is 18.2. The van der Waals surface area contributed by atoms with Crippen LogP contribution in [0.3, 0.4) is 0 Å². The Morgan fingerprint density at radius 2 is 1.90 bits per heavy atom. The molecule has 0 radical (unpaired) electrons. The van der Waals surface area contributed by atoms with Gasteiger partial charge in [0, 0.05) is 44.2 Å². The fraction of sp³-hybridized carbons (Fsp3) is 0.524. The van der Waals surface area contributed by atoms with E-state index in [1.54, 1.807) is 25.6 Å².